The van der Waals surface area contributed by atoms with Crippen molar-refractivity contribution in [2.75, 3.05) is 18.5 Å². The molecule has 0 aromatic carbocycles. The number of aryl methyl sites for hydroxylation is 2. The molecule has 2 aromatic heterocycles. The first-order valence-corrected chi connectivity index (χ1v) is 7.98. The first-order chi connectivity index (χ1) is 10.8. The molecule has 0 bridgehead atoms. The van der Waals surface area contributed by atoms with Gasteiger partial charge in [-0.25, -0.2) is 9.97 Å². The van der Waals surface area contributed by atoms with E-state index in [0.29, 0.717) is 12.0 Å². The zero-order chi connectivity index (χ0) is 15.4. The van der Waals surface area contributed by atoms with E-state index in [2.05, 4.69) is 33.5 Å². The monoisotopic (exact) mass is 301 g/mol. The maximum absolute atomic E-state index is 5.38. The molecule has 22 heavy (non-hydrogen) atoms. The predicted octanol–water partition coefficient (Wildman–Crippen LogP) is 2.65. The zero-order valence-corrected chi connectivity index (χ0v) is 13.2. The van der Waals surface area contributed by atoms with E-state index in [4.69, 9.17) is 4.74 Å². The highest BCUT2D eigenvalue weighted by molar-refractivity contribution is 5.61. The molecule has 1 N–H and O–H groups in total. The molecule has 0 saturated carbocycles. The normalized spacial score (nSPS) is 15.9. The summed E-state index contributed by atoms with van der Waals surface area (Å²) in [5, 5.41) is 7.95. The Balaban J connectivity index is 1.78. The van der Waals surface area contributed by atoms with Crippen LogP contribution in [0.15, 0.2) is 18.5 Å². The number of nitrogens with zero attached hydrogens (tertiary/aromatic N) is 4. The highest BCUT2D eigenvalue weighted by Gasteiger charge is 2.15. The average molecular weight is 301 g/mol. The molecule has 0 spiro atoms. The number of rotatable bonds is 5. The lowest BCUT2D eigenvalue weighted by Gasteiger charge is -2.23. The molecule has 1 fully saturated rings. The van der Waals surface area contributed by atoms with Crippen LogP contribution in [0.3, 0.4) is 0 Å². The summed E-state index contributed by atoms with van der Waals surface area (Å²) in [5.41, 5.74) is 3.00. The summed E-state index contributed by atoms with van der Waals surface area (Å²) in [4.78, 5) is 9.00. The molecule has 0 aliphatic carbocycles. The van der Waals surface area contributed by atoms with Gasteiger partial charge in [0.1, 0.15) is 0 Å². The molecule has 6 nitrogen and oxygen atoms in total. The summed E-state index contributed by atoms with van der Waals surface area (Å²) in [5.74, 6) is 0.687. The van der Waals surface area contributed by atoms with E-state index in [1.165, 1.54) is 0 Å². The molecule has 1 aliphatic heterocycles. The van der Waals surface area contributed by atoms with Crippen LogP contribution in [0.25, 0.3) is 11.3 Å². The van der Waals surface area contributed by atoms with Crippen molar-refractivity contribution in [1.29, 1.82) is 0 Å². The van der Waals surface area contributed by atoms with Gasteiger partial charge in [-0.15, -0.1) is 0 Å². The van der Waals surface area contributed by atoms with Gasteiger partial charge in [0.25, 0.3) is 0 Å². The third-order valence-corrected chi connectivity index (χ3v) is 3.89. The molecule has 0 amide bonds. The topological polar surface area (TPSA) is 64.9 Å². The van der Waals surface area contributed by atoms with Gasteiger partial charge in [0.2, 0.25) is 5.95 Å². The van der Waals surface area contributed by atoms with E-state index in [-0.39, 0.29) is 0 Å². The van der Waals surface area contributed by atoms with Gasteiger partial charge >= 0.3 is 0 Å². The maximum Gasteiger partial charge on any atom is 0.223 e. The number of ether oxygens (including phenoxy) is 1. The second-order valence-corrected chi connectivity index (χ2v) is 5.69. The molecule has 6 heteroatoms. The molecular weight excluding hydrogens is 278 g/mol. The van der Waals surface area contributed by atoms with Crippen LogP contribution in [0, 0.1) is 6.92 Å². The summed E-state index contributed by atoms with van der Waals surface area (Å²) in [6.45, 7) is 6.71. The van der Waals surface area contributed by atoms with E-state index >= 15 is 0 Å². The first-order valence-electron chi connectivity index (χ1n) is 7.98. The Labute approximate surface area is 130 Å². The van der Waals surface area contributed by atoms with Crippen LogP contribution in [0.4, 0.5) is 5.95 Å². The molecule has 3 heterocycles. The number of nitrogens with one attached hydrogen (secondary N) is 1. The van der Waals surface area contributed by atoms with E-state index in [9.17, 15) is 0 Å². The van der Waals surface area contributed by atoms with E-state index < -0.39 is 0 Å². The number of anilines is 1. The van der Waals surface area contributed by atoms with Crippen LogP contribution >= 0.6 is 0 Å². The van der Waals surface area contributed by atoms with Gasteiger partial charge in [-0.1, -0.05) is 6.92 Å². The first kappa shape index (κ1) is 15.0. The third kappa shape index (κ3) is 3.44. The Morgan fingerprint density at radius 2 is 2.18 bits per heavy atom. The van der Waals surface area contributed by atoms with Crippen LogP contribution in [0.5, 0.6) is 0 Å². The minimum Gasteiger partial charge on any atom is -0.381 e. The van der Waals surface area contributed by atoms with Gasteiger partial charge in [-0.3, -0.25) is 4.68 Å². The highest BCUT2D eigenvalue weighted by atomic mass is 16.5. The van der Waals surface area contributed by atoms with Crippen molar-refractivity contribution in [3.63, 3.8) is 0 Å². The molecule has 1 aliphatic rings. The second kappa shape index (κ2) is 6.87. The smallest absolute Gasteiger partial charge is 0.223 e. The molecule has 118 valence electrons. The average Bonchev–Trinajstić information content (AvgIpc) is 2.90. The van der Waals surface area contributed by atoms with Crippen molar-refractivity contribution in [2.45, 2.75) is 45.7 Å². The Kier molecular flexibility index (Phi) is 4.68. The van der Waals surface area contributed by atoms with E-state index in [1.807, 2.05) is 17.7 Å². The van der Waals surface area contributed by atoms with Crippen molar-refractivity contribution in [1.82, 2.24) is 19.7 Å². The van der Waals surface area contributed by atoms with Crippen molar-refractivity contribution < 1.29 is 4.74 Å². The minimum atomic E-state index is 0.396. The zero-order valence-electron chi connectivity index (χ0n) is 13.2. The van der Waals surface area contributed by atoms with Gasteiger partial charge in [0.15, 0.2) is 0 Å². The molecule has 2 aromatic rings. The summed E-state index contributed by atoms with van der Waals surface area (Å²) in [7, 11) is 0. The van der Waals surface area contributed by atoms with E-state index in [1.54, 1.807) is 6.20 Å². The van der Waals surface area contributed by atoms with Crippen molar-refractivity contribution in [3.05, 3.63) is 24.2 Å². The van der Waals surface area contributed by atoms with Gasteiger partial charge < -0.3 is 10.1 Å². The standard InChI is InChI=1S/C16H23N5O/c1-3-8-21-11-14(12(2)20-21)15-4-7-17-16(19-15)18-13-5-9-22-10-6-13/h4,7,11,13H,3,5-6,8-10H2,1-2H3,(H,17,18,19). The van der Waals surface area contributed by atoms with Crippen molar-refractivity contribution in [2.24, 2.45) is 0 Å². The summed E-state index contributed by atoms with van der Waals surface area (Å²) < 4.78 is 7.36. The Morgan fingerprint density at radius 1 is 1.36 bits per heavy atom. The van der Waals surface area contributed by atoms with Crippen LogP contribution in [0.1, 0.15) is 31.9 Å². The quantitative estimate of drug-likeness (QED) is 0.919. The van der Waals surface area contributed by atoms with Gasteiger partial charge in [0, 0.05) is 43.8 Å². The van der Waals surface area contributed by atoms with Gasteiger partial charge in [-0.2, -0.15) is 5.10 Å². The second-order valence-electron chi connectivity index (χ2n) is 5.69. The van der Waals surface area contributed by atoms with Gasteiger partial charge in [0.05, 0.1) is 11.4 Å². The van der Waals surface area contributed by atoms with Crippen molar-refractivity contribution >= 4 is 5.95 Å². The largest absolute Gasteiger partial charge is 0.381 e. The van der Waals surface area contributed by atoms with Crippen LogP contribution < -0.4 is 5.32 Å². The molecule has 1 saturated heterocycles. The molecule has 0 radical (unpaired) electrons. The van der Waals surface area contributed by atoms with Crippen LogP contribution in [-0.4, -0.2) is 39.0 Å². The van der Waals surface area contributed by atoms with Gasteiger partial charge in [-0.05, 0) is 32.3 Å². The number of aromatic nitrogens is 4. The lowest BCUT2D eigenvalue weighted by molar-refractivity contribution is 0.0903. The summed E-state index contributed by atoms with van der Waals surface area (Å²) in [6, 6.07) is 2.34. The molecule has 0 unspecified atom stereocenters. The lowest BCUT2D eigenvalue weighted by Crippen LogP contribution is -2.28. The highest BCUT2D eigenvalue weighted by Crippen LogP contribution is 2.22. The Morgan fingerprint density at radius 3 is 2.95 bits per heavy atom. The fraction of sp³-hybridized carbons (Fsp3) is 0.562. The fourth-order valence-corrected chi connectivity index (χ4v) is 2.72. The summed E-state index contributed by atoms with van der Waals surface area (Å²) in [6.07, 6.45) is 6.95. The van der Waals surface area contributed by atoms with Crippen LogP contribution in [0.2, 0.25) is 0 Å². The lowest BCUT2D eigenvalue weighted by atomic mass is 10.1. The third-order valence-electron chi connectivity index (χ3n) is 3.89. The number of hydrogen-bond acceptors (Lipinski definition) is 5. The number of hydrogen-bond donors (Lipinski definition) is 1. The molecule has 3 rings (SSSR count). The molecule has 0 atom stereocenters. The van der Waals surface area contributed by atoms with Crippen LogP contribution in [-0.2, 0) is 11.3 Å². The maximum atomic E-state index is 5.38. The summed E-state index contributed by atoms with van der Waals surface area (Å²) >= 11 is 0. The minimum absolute atomic E-state index is 0.396. The Hall–Kier alpha value is -1.95. The SMILES string of the molecule is CCCn1cc(-c2ccnc(NC3CCOCC3)n2)c(C)n1. The van der Waals surface area contributed by atoms with E-state index in [0.717, 1.165) is 56.0 Å². The van der Waals surface area contributed by atoms with Crippen molar-refractivity contribution in [3.8, 4) is 11.3 Å². The molecular formula is C16H23N5O. The fourth-order valence-electron chi connectivity index (χ4n) is 2.72. The Bertz CT molecular complexity index is 619. The predicted molar refractivity (Wildman–Crippen MR) is 85.7 cm³/mol.